The molecule has 1 N–H and O–H groups in total. The molecular weight excluding hydrogens is 344 g/mol. The van der Waals surface area contributed by atoms with Gasteiger partial charge in [-0.15, -0.1) is 0 Å². The third-order valence-electron chi connectivity index (χ3n) is 4.71. The smallest absolute Gasteiger partial charge is 0.167 e. The number of aliphatic hydroxyl groups is 1. The molecule has 0 radical (unpaired) electrons. The van der Waals surface area contributed by atoms with E-state index in [4.69, 9.17) is 28.4 Å². The van der Waals surface area contributed by atoms with Crippen molar-refractivity contribution in [3.63, 3.8) is 0 Å². The molecule has 3 heterocycles. The zero-order valence-corrected chi connectivity index (χ0v) is 16.3. The molecule has 0 aromatic rings. The van der Waals surface area contributed by atoms with Crippen LogP contribution in [0.25, 0.3) is 0 Å². The van der Waals surface area contributed by atoms with Gasteiger partial charge in [-0.3, -0.25) is 4.79 Å². The number of ketones is 1. The highest BCUT2D eigenvalue weighted by Crippen LogP contribution is 2.36. The lowest BCUT2D eigenvalue weighted by Gasteiger charge is -2.24. The average molecular weight is 374 g/mol. The van der Waals surface area contributed by atoms with Crippen LogP contribution in [0.5, 0.6) is 0 Å². The number of rotatable bonds is 5. The van der Waals surface area contributed by atoms with E-state index in [1.54, 1.807) is 27.7 Å². The maximum absolute atomic E-state index is 12.8. The molecule has 150 valence electrons. The summed E-state index contributed by atoms with van der Waals surface area (Å²) >= 11 is 0. The Balaban J connectivity index is 1.64. The molecule has 26 heavy (non-hydrogen) atoms. The van der Waals surface area contributed by atoms with Crippen molar-refractivity contribution in [2.75, 3.05) is 13.2 Å². The van der Waals surface area contributed by atoms with Gasteiger partial charge in [0, 0.05) is 6.42 Å². The second-order valence-corrected chi connectivity index (χ2v) is 8.49. The van der Waals surface area contributed by atoms with Gasteiger partial charge in [0.05, 0.1) is 19.3 Å². The molecule has 3 aliphatic heterocycles. The van der Waals surface area contributed by atoms with Crippen LogP contribution in [-0.4, -0.2) is 72.0 Å². The van der Waals surface area contributed by atoms with Gasteiger partial charge in [-0.25, -0.2) is 0 Å². The van der Waals surface area contributed by atoms with Crippen LogP contribution in [0.3, 0.4) is 0 Å². The van der Waals surface area contributed by atoms with Crippen molar-refractivity contribution in [3.8, 4) is 0 Å². The highest BCUT2D eigenvalue weighted by Gasteiger charge is 2.52. The van der Waals surface area contributed by atoms with Crippen LogP contribution < -0.4 is 0 Å². The Kier molecular flexibility index (Phi) is 5.24. The highest BCUT2D eigenvalue weighted by molar-refractivity contribution is 5.84. The molecule has 5 atom stereocenters. The molecular formula is C18H30O8. The van der Waals surface area contributed by atoms with E-state index in [-0.39, 0.29) is 18.8 Å². The van der Waals surface area contributed by atoms with Crippen LogP contribution in [-0.2, 0) is 33.2 Å². The lowest BCUT2D eigenvalue weighted by atomic mass is 9.98. The minimum absolute atomic E-state index is 0.109. The second kappa shape index (κ2) is 6.77. The molecule has 3 fully saturated rings. The summed E-state index contributed by atoms with van der Waals surface area (Å²) < 4.78 is 34.3. The topological polar surface area (TPSA) is 92.7 Å². The van der Waals surface area contributed by atoms with Gasteiger partial charge in [0.1, 0.15) is 24.4 Å². The van der Waals surface area contributed by atoms with Crippen LogP contribution in [0.1, 0.15) is 48.0 Å². The first-order valence-electron chi connectivity index (χ1n) is 9.07. The lowest BCUT2D eigenvalue weighted by Crippen LogP contribution is -2.44. The summed E-state index contributed by atoms with van der Waals surface area (Å²) in [6, 6.07) is 0. The molecule has 0 amide bonds. The Morgan fingerprint density at radius 2 is 1.54 bits per heavy atom. The lowest BCUT2D eigenvalue weighted by molar-refractivity contribution is -0.175. The molecule has 0 aliphatic carbocycles. The van der Waals surface area contributed by atoms with Crippen molar-refractivity contribution in [2.45, 2.75) is 95.8 Å². The number of ether oxygens (including phenoxy) is 6. The molecule has 0 unspecified atom stereocenters. The Hall–Kier alpha value is -0.610. The van der Waals surface area contributed by atoms with Gasteiger partial charge in [-0.05, 0) is 41.5 Å². The van der Waals surface area contributed by atoms with E-state index in [9.17, 15) is 9.90 Å². The quantitative estimate of drug-likeness (QED) is 0.766. The largest absolute Gasteiger partial charge is 0.390 e. The number of Topliss-reactive ketones (excluding diaryl/α,β-unsaturated/α-hetero) is 1. The van der Waals surface area contributed by atoms with Crippen LogP contribution in [0, 0.1) is 0 Å². The molecule has 8 heteroatoms. The maximum atomic E-state index is 12.8. The number of hydrogen-bond acceptors (Lipinski definition) is 8. The highest BCUT2D eigenvalue weighted by atomic mass is 16.8. The molecule has 0 spiro atoms. The predicted molar refractivity (Wildman–Crippen MR) is 89.3 cm³/mol. The Morgan fingerprint density at radius 1 is 0.923 bits per heavy atom. The summed E-state index contributed by atoms with van der Waals surface area (Å²) in [4.78, 5) is 12.8. The van der Waals surface area contributed by atoms with Crippen molar-refractivity contribution in [2.24, 2.45) is 0 Å². The summed E-state index contributed by atoms with van der Waals surface area (Å²) in [6.07, 6.45) is -3.48. The third-order valence-corrected chi connectivity index (χ3v) is 4.71. The Bertz CT molecular complexity index is 543. The fourth-order valence-corrected chi connectivity index (χ4v) is 3.55. The fraction of sp³-hybridized carbons (Fsp3) is 0.944. The van der Waals surface area contributed by atoms with Gasteiger partial charge in [-0.1, -0.05) is 0 Å². The molecule has 0 saturated carbocycles. The van der Waals surface area contributed by atoms with E-state index in [0.717, 1.165) is 0 Å². The fourth-order valence-electron chi connectivity index (χ4n) is 3.55. The minimum atomic E-state index is -0.977. The van der Waals surface area contributed by atoms with Crippen LogP contribution in [0.2, 0.25) is 0 Å². The van der Waals surface area contributed by atoms with E-state index in [1.807, 2.05) is 13.8 Å². The van der Waals surface area contributed by atoms with Crippen molar-refractivity contribution >= 4 is 5.78 Å². The van der Waals surface area contributed by atoms with Crippen LogP contribution in [0.4, 0.5) is 0 Å². The third kappa shape index (κ3) is 4.44. The van der Waals surface area contributed by atoms with E-state index in [2.05, 4.69) is 0 Å². The van der Waals surface area contributed by atoms with Gasteiger partial charge < -0.3 is 33.5 Å². The molecule has 0 bridgehead atoms. The van der Waals surface area contributed by atoms with Gasteiger partial charge in [0.2, 0.25) is 0 Å². The summed E-state index contributed by atoms with van der Waals surface area (Å²) in [7, 11) is 0. The molecule has 8 nitrogen and oxygen atoms in total. The normalized spacial score (nSPS) is 39.2. The first-order chi connectivity index (χ1) is 11.9. The molecule has 3 aliphatic rings. The standard InChI is InChI=1S/C18H30O8/c1-16(2)21-8-12(23-16)10(19)7-11(20)14-15(26-18(5,6)25-14)13-9-22-17(3,4)24-13/h10,12-15,19H,7-9H2,1-6H3/t10-,12+,13+,14+,15+/m1/s1. The van der Waals surface area contributed by atoms with Crippen molar-refractivity contribution < 1.29 is 38.3 Å². The number of carbonyl (C=O) groups is 1. The molecule has 0 aromatic heterocycles. The van der Waals surface area contributed by atoms with Crippen LogP contribution in [0.15, 0.2) is 0 Å². The summed E-state index contributed by atoms with van der Waals surface area (Å²) in [6.45, 7) is 11.2. The number of aliphatic hydroxyl groups excluding tert-OH is 1. The van der Waals surface area contributed by atoms with E-state index in [0.29, 0.717) is 6.61 Å². The zero-order chi connectivity index (χ0) is 19.3. The van der Waals surface area contributed by atoms with Gasteiger partial charge in [0.25, 0.3) is 0 Å². The molecule has 3 saturated heterocycles. The first-order valence-corrected chi connectivity index (χ1v) is 9.07. The first kappa shape index (κ1) is 20.1. The molecule has 0 aromatic carbocycles. The van der Waals surface area contributed by atoms with Crippen LogP contribution >= 0.6 is 0 Å². The number of hydrogen-bond donors (Lipinski definition) is 1. The number of carbonyl (C=O) groups excluding carboxylic acids is 1. The molecule has 3 rings (SSSR count). The van der Waals surface area contributed by atoms with Crippen molar-refractivity contribution in [1.29, 1.82) is 0 Å². The van der Waals surface area contributed by atoms with E-state index < -0.39 is 47.9 Å². The second-order valence-electron chi connectivity index (χ2n) is 8.49. The predicted octanol–water partition coefficient (Wildman–Crippen LogP) is 1.13. The zero-order valence-electron chi connectivity index (χ0n) is 16.3. The SMILES string of the molecule is CC1(C)OC[C@@H]([C@@H]2OC(C)(C)O[C@H]2C(=O)C[C@@H](O)[C@@H]2COC(C)(C)O2)O1. The van der Waals surface area contributed by atoms with Gasteiger partial charge >= 0.3 is 0 Å². The van der Waals surface area contributed by atoms with Crippen molar-refractivity contribution in [3.05, 3.63) is 0 Å². The van der Waals surface area contributed by atoms with Gasteiger partial charge in [0.15, 0.2) is 23.1 Å². The maximum Gasteiger partial charge on any atom is 0.167 e. The summed E-state index contributed by atoms with van der Waals surface area (Å²) in [5, 5.41) is 10.4. The average Bonchev–Trinajstić information content (AvgIpc) is 3.13. The minimum Gasteiger partial charge on any atom is -0.390 e. The summed E-state index contributed by atoms with van der Waals surface area (Å²) in [5.41, 5.74) is 0. The van der Waals surface area contributed by atoms with Crippen molar-refractivity contribution in [1.82, 2.24) is 0 Å². The Labute approximate surface area is 154 Å². The van der Waals surface area contributed by atoms with E-state index in [1.165, 1.54) is 0 Å². The summed E-state index contributed by atoms with van der Waals surface area (Å²) in [5.74, 6) is -2.66. The Morgan fingerprint density at radius 3 is 2.08 bits per heavy atom. The monoisotopic (exact) mass is 374 g/mol. The van der Waals surface area contributed by atoms with E-state index >= 15 is 0 Å². The van der Waals surface area contributed by atoms with Gasteiger partial charge in [-0.2, -0.15) is 0 Å².